The first-order valence-corrected chi connectivity index (χ1v) is 8.98. The van der Waals surface area contributed by atoms with E-state index in [-0.39, 0.29) is 23.6 Å². The molecule has 0 bridgehead atoms. The van der Waals surface area contributed by atoms with Crippen molar-refractivity contribution in [1.29, 1.82) is 0 Å². The van der Waals surface area contributed by atoms with Crippen molar-refractivity contribution in [3.63, 3.8) is 0 Å². The van der Waals surface area contributed by atoms with E-state index < -0.39 is 0 Å². The summed E-state index contributed by atoms with van der Waals surface area (Å²) in [5.74, 6) is 0.315. The maximum Gasteiger partial charge on any atom is 0.229 e. The Hall–Kier alpha value is -2.43. The number of pyridine rings is 1. The van der Waals surface area contributed by atoms with Gasteiger partial charge >= 0.3 is 0 Å². The molecule has 1 saturated carbocycles. The van der Waals surface area contributed by atoms with Gasteiger partial charge in [-0.05, 0) is 61.4 Å². The minimum Gasteiger partial charge on any atom is -0.370 e. The third kappa shape index (κ3) is 3.65. The lowest BCUT2D eigenvalue weighted by atomic mass is 10.1. The molecule has 1 aliphatic heterocycles. The van der Waals surface area contributed by atoms with Gasteiger partial charge < -0.3 is 10.2 Å². The maximum atomic E-state index is 13.3. The second kappa shape index (κ2) is 6.82. The molecule has 1 aromatic carbocycles. The molecule has 0 spiro atoms. The van der Waals surface area contributed by atoms with Crippen LogP contribution in [0.2, 0.25) is 0 Å². The molecule has 2 fully saturated rings. The normalized spacial score (nSPS) is 22.5. The van der Waals surface area contributed by atoms with Gasteiger partial charge in [0.1, 0.15) is 11.6 Å². The molecule has 1 aliphatic carbocycles. The number of aromatic nitrogens is 1. The molecule has 2 heterocycles. The van der Waals surface area contributed by atoms with Crippen LogP contribution in [0, 0.1) is 11.7 Å². The Labute approximate surface area is 147 Å². The average Bonchev–Trinajstić information content (AvgIpc) is 3.44. The standard InChI is InChI=1S/C20H22FN3O/c21-15-6-4-5-14(11-15)17-12-18(17)20(25)23-19-8-7-16(13-22-19)24-9-2-1-3-10-24/h4-8,11,13,17-18H,1-3,9-10,12H2,(H,22,23,25)/t17-,18-/m1/s1. The number of anilines is 2. The lowest BCUT2D eigenvalue weighted by molar-refractivity contribution is -0.117. The van der Waals surface area contributed by atoms with E-state index in [1.165, 1.54) is 31.4 Å². The Morgan fingerprint density at radius 2 is 2.00 bits per heavy atom. The Morgan fingerprint density at radius 3 is 2.72 bits per heavy atom. The van der Waals surface area contributed by atoms with Crippen LogP contribution in [0.4, 0.5) is 15.9 Å². The fourth-order valence-corrected chi connectivity index (χ4v) is 3.61. The number of carbonyl (C=O) groups excluding carboxylic acids is 1. The highest BCUT2D eigenvalue weighted by molar-refractivity contribution is 5.94. The van der Waals surface area contributed by atoms with Gasteiger partial charge in [0.15, 0.2) is 0 Å². The van der Waals surface area contributed by atoms with E-state index in [1.54, 1.807) is 6.07 Å². The van der Waals surface area contributed by atoms with Crippen LogP contribution in [0.15, 0.2) is 42.6 Å². The number of carbonyl (C=O) groups is 1. The number of hydrogen-bond donors (Lipinski definition) is 1. The van der Waals surface area contributed by atoms with Gasteiger partial charge in [0.25, 0.3) is 0 Å². The third-order valence-electron chi connectivity index (χ3n) is 5.12. The number of piperidine rings is 1. The van der Waals surface area contributed by atoms with Crippen molar-refractivity contribution in [3.05, 3.63) is 54.0 Å². The van der Waals surface area contributed by atoms with Crippen LogP contribution >= 0.6 is 0 Å². The third-order valence-corrected chi connectivity index (χ3v) is 5.12. The lowest BCUT2D eigenvalue weighted by Gasteiger charge is -2.28. The molecule has 5 heteroatoms. The minimum absolute atomic E-state index is 0.0347. The molecular formula is C20H22FN3O. The molecule has 4 rings (SSSR count). The molecule has 1 N–H and O–H groups in total. The van der Waals surface area contributed by atoms with Crippen LogP contribution in [0.1, 0.15) is 37.2 Å². The summed E-state index contributed by atoms with van der Waals surface area (Å²) in [6.45, 7) is 2.15. The Morgan fingerprint density at radius 1 is 1.16 bits per heavy atom. The summed E-state index contributed by atoms with van der Waals surface area (Å²) in [4.78, 5) is 19.1. The zero-order chi connectivity index (χ0) is 17.2. The molecule has 1 amide bonds. The van der Waals surface area contributed by atoms with Crippen LogP contribution < -0.4 is 10.2 Å². The lowest BCUT2D eigenvalue weighted by Crippen LogP contribution is -2.29. The summed E-state index contributed by atoms with van der Waals surface area (Å²) in [5.41, 5.74) is 2.01. The van der Waals surface area contributed by atoms with Gasteiger partial charge in [-0.2, -0.15) is 0 Å². The van der Waals surface area contributed by atoms with Crippen LogP contribution in [0.5, 0.6) is 0 Å². The number of benzene rings is 1. The van der Waals surface area contributed by atoms with E-state index in [4.69, 9.17) is 0 Å². The van der Waals surface area contributed by atoms with E-state index in [9.17, 15) is 9.18 Å². The first-order valence-electron chi connectivity index (χ1n) is 8.98. The predicted molar refractivity (Wildman–Crippen MR) is 96.2 cm³/mol. The summed E-state index contributed by atoms with van der Waals surface area (Å²) in [6, 6.07) is 10.4. The minimum atomic E-state index is -0.251. The number of amides is 1. The Bertz CT molecular complexity index is 756. The molecule has 2 aliphatic rings. The first kappa shape index (κ1) is 16.1. The Balaban J connectivity index is 1.35. The smallest absolute Gasteiger partial charge is 0.229 e. The van der Waals surface area contributed by atoms with Crippen LogP contribution in [-0.2, 0) is 4.79 Å². The van der Waals surface area contributed by atoms with Crippen molar-refractivity contribution in [2.24, 2.45) is 5.92 Å². The summed E-state index contributed by atoms with van der Waals surface area (Å²) in [7, 11) is 0. The molecule has 4 nitrogen and oxygen atoms in total. The number of rotatable bonds is 4. The topological polar surface area (TPSA) is 45.2 Å². The van der Waals surface area contributed by atoms with Crippen molar-refractivity contribution in [3.8, 4) is 0 Å². The highest BCUT2D eigenvalue weighted by Crippen LogP contribution is 2.48. The van der Waals surface area contributed by atoms with Crippen LogP contribution in [-0.4, -0.2) is 24.0 Å². The number of nitrogens with one attached hydrogen (secondary N) is 1. The maximum absolute atomic E-state index is 13.3. The van der Waals surface area contributed by atoms with Crippen LogP contribution in [0.3, 0.4) is 0 Å². The van der Waals surface area contributed by atoms with Gasteiger partial charge in [-0.3, -0.25) is 4.79 Å². The van der Waals surface area contributed by atoms with E-state index in [1.807, 2.05) is 24.4 Å². The van der Waals surface area contributed by atoms with Gasteiger partial charge in [-0.25, -0.2) is 9.37 Å². The van der Waals surface area contributed by atoms with E-state index >= 15 is 0 Å². The van der Waals surface area contributed by atoms with Crippen molar-refractivity contribution >= 4 is 17.4 Å². The van der Waals surface area contributed by atoms with Crippen LogP contribution in [0.25, 0.3) is 0 Å². The molecule has 2 atom stereocenters. The number of nitrogens with zero attached hydrogens (tertiary/aromatic N) is 2. The fraction of sp³-hybridized carbons (Fsp3) is 0.400. The molecule has 1 aromatic heterocycles. The molecule has 0 radical (unpaired) electrons. The molecule has 130 valence electrons. The summed E-state index contributed by atoms with van der Waals surface area (Å²) < 4.78 is 13.3. The summed E-state index contributed by atoms with van der Waals surface area (Å²) in [6.07, 6.45) is 6.34. The number of halogens is 1. The van der Waals surface area contributed by atoms with Gasteiger partial charge in [0.2, 0.25) is 5.91 Å². The van der Waals surface area contributed by atoms with E-state index in [0.717, 1.165) is 30.8 Å². The van der Waals surface area contributed by atoms with Gasteiger partial charge in [-0.15, -0.1) is 0 Å². The highest BCUT2D eigenvalue weighted by Gasteiger charge is 2.44. The second-order valence-electron chi connectivity index (χ2n) is 6.94. The summed E-state index contributed by atoms with van der Waals surface area (Å²) in [5, 5.41) is 2.89. The highest BCUT2D eigenvalue weighted by atomic mass is 19.1. The molecular weight excluding hydrogens is 317 g/mol. The zero-order valence-corrected chi connectivity index (χ0v) is 14.1. The summed E-state index contributed by atoms with van der Waals surface area (Å²) >= 11 is 0. The zero-order valence-electron chi connectivity index (χ0n) is 14.1. The second-order valence-corrected chi connectivity index (χ2v) is 6.94. The van der Waals surface area contributed by atoms with Crippen molar-refractivity contribution < 1.29 is 9.18 Å². The first-order chi connectivity index (χ1) is 12.2. The molecule has 25 heavy (non-hydrogen) atoms. The monoisotopic (exact) mass is 339 g/mol. The van der Waals surface area contributed by atoms with Gasteiger partial charge in [0.05, 0.1) is 11.9 Å². The van der Waals surface area contributed by atoms with Crippen molar-refractivity contribution in [2.75, 3.05) is 23.3 Å². The predicted octanol–water partition coefficient (Wildman–Crippen LogP) is 3.95. The van der Waals surface area contributed by atoms with E-state index in [2.05, 4.69) is 15.2 Å². The molecule has 1 saturated heterocycles. The quantitative estimate of drug-likeness (QED) is 0.917. The molecule has 2 aromatic rings. The molecule has 0 unspecified atom stereocenters. The van der Waals surface area contributed by atoms with Crippen molar-refractivity contribution in [2.45, 2.75) is 31.6 Å². The average molecular weight is 339 g/mol. The Kier molecular flexibility index (Phi) is 4.38. The van der Waals surface area contributed by atoms with Gasteiger partial charge in [0, 0.05) is 19.0 Å². The fourth-order valence-electron chi connectivity index (χ4n) is 3.61. The van der Waals surface area contributed by atoms with E-state index in [0.29, 0.717) is 5.82 Å². The SMILES string of the molecule is O=C(Nc1ccc(N2CCCCC2)cn1)[C@@H]1C[C@@H]1c1cccc(F)c1. The largest absolute Gasteiger partial charge is 0.370 e. The number of hydrogen-bond acceptors (Lipinski definition) is 3. The van der Waals surface area contributed by atoms with Gasteiger partial charge in [-0.1, -0.05) is 12.1 Å². The van der Waals surface area contributed by atoms with Crippen molar-refractivity contribution in [1.82, 2.24) is 4.98 Å².